The molecular weight excluding hydrogens is 301 g/mol. The maximum atomic E-state index is 13.3. The highest BCUT2D eigenvalue weighted by Gasteiger charge is 2.27. The third kappa shape index (κ3) is 2.81. The standard InChI is InChI=1S/C16H16FN3O3/c17-10-1-2-13-11(7-10)14(21)12(8-19-13)16(23)20-5-3-9(4-6-20)15(18)22/h1-2,7-9H,3-6H2,(H2,18,22)(H,19,21). The van der Waals surface area contributed by atoms with Crippen molar-refractivity contribution in [3.63, 3.8) is 0 Å². The van der Waals surface area contributed by atoms with Gasteiger partial charge in [-0.15, -0.1) is 0 Å². The number of pyridine rings is 1. The number of amides is 2. The van der Waals surface area contributed by atoms with Crippen molar-refractivity contribution in [2.75, 3.05) is 13.1 Å². The number of H-pyrrole nitrogens is 1. The van der Waals surface area contributed by atoms with Crippen LogP contribution in [0.3, 0.4) is 0 Å². The van der Waals surface area contributed by atoms with Crippen LogP contribution in [0.25, 0.3) is 10.9 Å². The predicted octanol–water partition coefficient (Wildman–Crippen LogP) is 1.00. The summed E-state index contributed by atoms with van der Waals surface area (Å²) in [6.07, 6.45) is 2.33. The molecule has 7 heteroatoms. The Morgan fingerprint density at radius 2 is 1.96 bits per heavy atom. The van der Waals surface area contributed by atoms with Crippen molar-refractivity contribution in [2.45, 2.75) is 12.8 Å². The van der Waals surface area contributed by atoms with Crippen LogP contribution < -0.4 is 11.2 Å². The molecule has 0 atom stereocenters. The molecule has 120 valence electrons. The molecule has 1 aromatic heterocycles. The van der Waals surface area contributed by atoms with E-state index in [-0.39, 0.29) is 22.8 Å². The third-order valence-electron chi connectivity index (χ3n) is 4.26. The van der Waals surface area contributed by atoms with Crippen LogP contribution >= 0.6 is 0 Å². The number of likely N-dealkylation sites (tertiary alicyclic amines) is 1. The molecule has 23 heavy (non-hydrogen) atoms. The van der Waals surface area contributed by atoms with E-state index in [9.17, 15) is 18.8 Å². The molecule has 0 radical (unpaired) electrons. The van der Waals surface area contributed by atoms with Crippen molar-refractivity contribution in [1.29, 1.82) is 0 Å². The van der Waals surface area contributed by atoms with Gasteiger partial charge in [0, 0.05) is 36.1 Å². The van der Waals surface area contributed by atoms with Crippen LogP contribution in [0.2, 0.25) is 0 Å². The van der Waals surface area contributed by atoms with Crippen LogP contribution in [0.5, 0.6) is 0 Å². The van der Waals surface area contributed by atoms with Crippen LogP contribution in [-0.4, -0.2) is 34.8 Å². The fourth-order valence-corrected chi connectivity index (χ4v) is 2.89. The Balaban J connectivity index is 1.89. The topological polar surface area (TPSA) is 96.3 Å². The Hall–Kier alpha value is -2.70. The summed E-state index contributed by atoms with van der Waals surface area (Å²) in [6.45, 7) is 0.736. The number of fused-ring (bicyclic) bond motifs is 1. The molecule has 1 fully saturated rings. The summed E-state index contributed by atoms with van der Waals surface area (Å²) < 4.78 is 13.3. The van der Waals surface area contributed by atoms with E-state index in [1.165, 1.54) is 23.2 Å². The molecule has 2 heterocycles. The molecule has 0 bridgehead atoms. The first-order valence-electron chi connectivity index (χ1n) is 7.37. The van der Waals surface area contributed by atoms with Gasteiger partial charge < -0.3 is 15.6 Å². The molecule has 0 spiro atoms. The van der Waals surface area contributed by atoms with Crippen molar-refractivity contribution in [2.24, 2.45) is 11.7 Å². The van der Waals surface area contributed by atoms with Crippen molar-refractivity contribution >= 4 is 22.7 Å². The molecule has 3 N–H and O–H groups in total. The van der Waals surface area contributed by atoms with E-state index in [2.05, 4.69) is 4.98 Å². The first-order valence-corrected chi connectivity index (χ1v) is 7.37. The maximum Gasteiger partial charge on any atom is 0.259 e. The van der Waals surface area contributed by atoms with E-state index in [1.54, 1.807) is 0 Å². The smallest absolute Gasteiger partial charge is 0.259 e. The van der Waals surface area contributed by atoms with E-state index < -0.39 is 17.2 Å². The van der Waals surface area contributed by atoms with Crippen molar-refractivity contribution < 1.29 is 14.0 Å². The Bertz CT molecular complexity index is 838. The summed E-state index contributed by atoms with van der Waals surface area (Å²) >= 11 is 0. The van der Waals surface area contributed by atoms with Gasteiger partial charge in [-0.1, -0.05) is 0 Å². The zero-order chi connectivity index (χ0) is 16.6. The first-order chi connectivity index (χ1) is 11.0. The zero-order valence-electron chi connectivity index (χ0n) is 12.3. The number of rotatable bonds is 2. The molecule has 2 amide bonds. The number of nitrogens with one attached hydrogen (secondary N) is 1. The number of benzene rings is 1. The summed E-state index contributed by atoms with van der Waals surface area (Å²) in [6, 6.07) is 3.82. The average molecular weight is 317 g/mol. The second-order valence-electron chi connectivity index (χ2n) is 5.69. The minimum Gasteiger partial charge on any atom is -0.369 e. The Kier molecular flexibility index (Phi) is 3.85. The van der Waals surface area contributed by atoms with Gasteiger partial charge in [-0.25, -0.2) is 4.39 Å². The van der Waals surface area contributed by atoms with Crippen LogP contribution in [0.4, 0.5) is 4.39 Å². The summed E-state index contributed by atoms with van der Waals surface area (Å²) in [5.41, 5.74) is 5.21. The summed E-state index contributed by atoms with van der Waals surface area (Å²) in [4.78, 5) is 40.5. The SMILES string of the molecule is NC(=O)C1CCN(C(=O)c2c[nH]c3ccc(F)cc3c2=O)CC1. The molecule has 3 rings (SSSR count). The summed E-state index contributed by atoms with van der Waals surface area (Å²) in [5, 5.41) is 0.142. The van der Waals surface area contributed by atoms with E-state index >= 15 is 0 Å². The Labute approximate surface area is 131 Å². The molecule has 1 aliphatic heterocycles. The predicted molar refractivity (Wildman–Crippen MR) is 82.3 cm³/mol. The number of aromatic amines is 1. The number of carbonyl (C=O) groups excluding carboxylic acids is 2. The van der Waals surface area contributed by atoms with Gasteiger partial charge in [-0.3, -0.25) is 14.4 Å². The minimum atomic E-state index is -0.533. The maximum absolute atomic E-state index is 13.3. The van der Waals surface area contributed by atoms with Crippen molar-refractivity contribution in [1.82, 2.24) is 9.88 Å². The highest BCUT2D eigenvalue weighted by molar-refractivity contribution is 5.97. The number of hydrogen-bond acceptors (Lipinski definition) is 3. The molecule has 1 aliphatic rings. The van der Waals surface area contributed by atoms with Crippen LogP contribution in [-0.2, 0) is 4.79 Å². The van der Waals surface area contributed by atoms with E-state index in [4.69, 9.17) is 5.73 Å². The lowest BCUT2D eigenvalue weighted by molar-refractivity contribution is -0.123. The number of nitrogens with zero attached hydrogens (tertiary/aromatic N) is 1. The van der Waals surface area contributed by atoms with E-state index in [1.807, 2.05) is 0 Å². The quantitative estimate of drug-likeness (QED) is 0.865. The molecular formula is C16H16FN3O3. The van der Waals surface area contributed by atoms with Crippen LogP contribution in [0, 0.1) is 11.7 Å². The van der Waals surface area contributed by atoms with Gasteiger partial charge >= 0.3 is 0 Å². The normalized spacial score (nSPS) is 15.8. The van der Waals surface area contributed by atoms with Crippen molar-refractivity contribution in [3.8, 4) is 0 Å². The number of halogens is 1. The molecule has 1 saturated heterocycles. The number of nitrogens with two attached hydrogens (primary N) is 1. The molecule has 0 unspecified atom stereocenters. The van der Waals surface area contributed by atoms with Gasteiger partial charge in [0.25, 0.3) is 5.91 Å². The lowest BCUT2D eigenvalue weighted by atomic mass is 9.96. The fraction of sp³-hybridized carbons (Fsp3) is 0.312. The summed E-state index contributed by atoms with van der Waals surface area (Å²) in [7, 11) is 0. The van der Waals surface area contributed by atoms with Gasteiger partial charge in [0.2, 0.25) is 11.3 Å². The van der Waals surface area contributed by atoms with Gasteiger partial charge in [-0.05, 0) is 31.0 Å². The van der Waals surface area contributed by atoms with Crippen LogP contribution in [0.1, 0.15) is 23.2 Å². The number of primary amides is 1. The van der Waals surface area contributed by atoms with Crippen LogP contribution in [0.15, 0.2) is 29.2 Å². The van der Waals surface area contributed by atoms with E-state index in [0.29, 0.717) is 31.4 Å². The fourth-order valence-electron chi connectivity index (χ4n) is 2.89. The Morgan fingerprint density at radius 1 is 1.26 bits per heavy atom. The molecule has 0 aliphatic carbocycles. The minimum absolute atomic E-state index is 0.0272. The second kappa shape index (κ2) is 5.83. The number of aromatic nitrogens is 1. The summed E-state index contributed by atoms with van der Waals surface area (Å²) in [5.74, 6) is -1.55. The molecule has 0 saturated carbocycles. The zero-order valence-corrected chi connectivity index (χ0v) is 12.3. The lowest BCUT2D eigenvalue weighted by Crippen LogP contribution is -2.43. The first kappa shape index (κ1) is 15.2. The van der Waals surface area contributed by atoms with Crippen molar-refractivity contribution in [3.05, 3.63) is 46.0 Å². The lowest BCUT2D eigenvalue weighted by Gasteiger charge is -2.30. The number of carbonyl (C=O) groups is 2. The van der Waals surface area contributed by atoms with Gasteiger partial charge in [0.05, 0.1) is 0 Å². The van der Waals surface area contributed by atoms with Gasteiger partial charge in [0.15, 0.2) is 0 Å². The molecule has 2 aromatic rings. The van der Waals surface area contributed by atoms with Gasteiger partial charge in [-0.2, -0.15) is 0 Å². The largest absolute Gasteiger partial charge is 0.369 e. The number of hydrogen-bond donors (Lipinski definition) is 2. The highest BCUT2D eigenvalue weighted by Crippen LogP contribution is 2.18. The average Bonchev–Trinajstić information content (AvgIpc) is 2.55. The van der Waals surface area contributed by atoms with E-state index in [0.717, 1.165) is 6.07 Å². The highest BCUT2D eigenvalue weighted by atomic mass is 19.1. The molecule has 6 nitrogen and oxygen atoms in total. The monoisotopic (exact) mass is 317 g/mol. The Morgan fingerprint density at radius 3 is 2.61 bits per heavy atom. The van der Waals surface area contributed by atoms with Gasteiger partial charge in [0.1, 0.15) is 11.4 Å². The third-order valence-corrected chi connectivity index (χ3v) is 4.26. The molecule has 1 aromatic carbocycles. The number of piperidine rings is 1. The second-order valence-corrected chi connectivity index (χ2v) is 5.69.